The van der Waals surface area contributed by atoms with E-state index >= 15 is 0 Å². The topological polar surface area (TPSA) is 98.6 Å². The lowest BCUT2D eigenvalue weighted by molar-refractivity contribution is 0.0419. The number of nitrogens with zero attached hydrogens (tertiary/aromatic N) is 3. The lowest BCUT2D eigenvalue weighted by atomic mass is 10.1. The normalized spacial score (nSPS) is 13.1. The fourth-order valence-corrected chi connectivity index (χ4v) is 3.50. The van der Waals surface area contributed by atoms with Crippen LogP contribution in [-0.2, 0) is 11.3 Å². The van der Waals surface area contributed by atoms with Crippen LogP contribution in [0.1, 0.15) is 43.7 Å². The number of benzene rings is 1. The van der Waals surface area contributed by atoms with Crippen molar-refractivity contribution in [3.8, 4) is 0 Å². The van der Waals surface area contributed by atoms with Gasteiger partial charge in [-0.05, 0) is 38.1 Å². The van der Waals surface area contributed by atoms with Gasteiger partial charge in [-0.2, -0.15) is 0 Å². The van der Waals surface area contributed by atoms with E-state index in [0.717, 1.165) is 10.6 Å². The highest BCUT2D eigenvalue weighted by Gasteiger charge is 2.34. The Bertz CT molecular complexity index is 1230. The first-order chi connectivity index (χ1) is 14.4. The summed E-state index contributed by atoms with van der Waals surface area (Å²) < 4.78 is 6.93. The number of ether oxygens (including phenoxy) is 1. The average Bonchev–Trinajstić information content (AvgIpc) is 2.99. The van der Waals surface area contributed by atoms with Gasteiger partial charge in [0.25, 0.3) is 11.8 Å². The first kappa shape index (κ1) is 19.5. The number of amides is 2. The molecule has 30 heavy (non-hydrogen) atoms. The van der Waals surface area contributed by atoms with Gasteiger partial charge in [-0.15, -0.1) is 0 Å². The van der Waals surface area contributed by atoms with Crippen molar-refractivity contribution in [2.45, 2.75) is 20.4 Å². The SMILES string of the molecule is CCn1cc(C(=O)OCCN2C(=O)c3ccccc3C2=O)c(=O)c2ccc(C)nc21. The first-order valence-electron chi connectivity index (χ1n) is 9.55. The van der Waals surface area contributed by atoms with Crippen LogP contribution in [0.25, 0.3) is 11.0 Å². The van der Waals surface area contributed by atoms with Gasteiger partial charge >= 0.3 is 5.97 Å². The maximum Gasteiger partial charge on any atom is 0.343 e. The number of carbonyl (C=O) groups is 3. The molecular formula is C22H19N3O5. The van der Waals surface area contributed by atoms with E-state index in [1.54, 1.807) is 41.0 Å². The summed E-state index contributed by atoms with van der Waals surface area (Å²) in [5, 5.41) is 0.331. The van der Waals surface area contributed by atoms with Crippen LogP contribution < -0.4 is 5.43 Å². The Hall–Kier alpha value is -3.81. The number of hydrogen-bond donors (Lipinski definition) is 0. The summed E-state index contributed by atoms with van der Waals surface area (Å²) in [5.41, 5.74) is 1.35. The van der Waals surface area contributed by atoms with Crippen molar-refractivity contribution in [2.75, 3.05) is 13.2 Å². The second kappa shape index (κ2) is 7.55. The third-order valence-corrected chi connectivity index (χ3v) is 5.05. The predicted molar refractivity (Wildman–Crippen MR) is 109 cm³/mol. The van der Waals surface area contributed by atoms with E-state index in [9.17, 15) is 19.2 Å². The molecule has 0 N–H and O–H groups in total. The smallest absolute Gasteiger partial charge is 0.343 e. The highest BCUT2D eigenvalue weighted by molar-refractivity contribution is 6.21. The number of rotatable bonds is 5. The number of aromatic nitrogens is 2. The zero-order chi connectivity index (χ0) is 21.4. The summed E-state index contributed by atoms with van der Waals surface area (Å²) in [6.45, 7) is 3.92. The van der Waals surface area contributed by atoms with Gasteiger partial charge in [0, 0.05) is 18.4 Å². The summed E-state index contributed by atoms with van der Waals surface area (Å²) in [5.74, 6) is -1.65. The van der Waals surface area contributed by atoms with Crippen LogP contribution in [-0.4, -0.2) is 45.4 Å². The molecule has 0 spiro atoms. The number of pyridine rings is 2. The number of carbonyl (C=O) groups excluding carboxylic acids is 3. The van der Waals surface area contributed by atoms with Crippen LogP contribution in [0.5, 0.6) is 0 Å². The van der Waals surface area contributed by atoms with E-state index < -0.39 is 23.2 Å². The van der Waals surface area contributed by atoms with E-state index in [4.69, 9.17) is 4.74 Å². The third-order valence-electron chi connectivity index (χ3n) is 5.05. The minimum atomic E-state index is -0.804. The van der Waals surface area contributed by atoms with Crippen LogP contribution in [0.3, 0.4) is 0 Å². The highest BCUT2D eigenvalue weighted by atomic mass is 16.5. The monoisotopic (exact) mass is 405 g/mol. The summed E-state index contributed by atoms with van der Waals surface area (Å²) in [4.78, 5) is 55.5. The Labute approximate surface area is 171 Å². The lowest BCUT2D eigenvalue weighted by Gasteiger charge is -2.14. The summed E-state index contributed by atoms with van der Waals surface area (Å²) in [6, 6.07) is 9.88. The van der Waals surface area contributed by atoms with Gasteiger partial charge in [0.1, 0.15) is 17.8 Å². The molecular weight excluding hydrogens is 386 g/mol. The molecule has 4 rings (SSSR count). The number of hydrogen-bond acceptors (Lipinski definition) is 6. The molecule has 1 aliphatic heterocycles. The fraction of sp³-hybridized carbons (Fsp3) is 0.227. The highest BCUT2D eigenvalue weighted by Crippen LogP contribution is 2.22. The molecule has 1 aliphatic rings. The van der Waals surface area contributed by atoms with Crippen molar-refractivity contribution in [3.63, 3.8) is 0 Å². The minimum Gasteiger partial charge on any atom is -0.460 e. The van der Waals surface area contributed by atoms with Gasteiger partial charge in [-0.25, -0.2) is 9.78 Å². The molecule has 1 aromatic carbocycles. The number of fused-ring (bicyclic) bond motifs is 2. The van der Waals surface area contributed by atoms with Crippen LogP contribution in [0.15, 0.2) is 47.4 Å². The van der Waals surface area contributed by atoms with Crippen molar-refractivity contribution in [1.29, 1.82) is 0 Å². The van der Waals surface area contributed by atoms with Gasteiger partial charge in [0.2, 0.25) is 5.43 Å². The van der Waals surface area contributed by atoms with Crippen LogP contribution >= 0.6 is 0 Å². The Kier molecular flexibility index (Phi) is 4.91. The quantitative estimate of drug-likeness (QED) is 0.477. The van der Waals surface area contributed by atoms with E-state index in [1.165, 1.54) is 6.20 Å². The standard InChI is InChI=1S/C22H19N3O5/c1-3-24-12-17(18(26)16-9-8-13(2)23-19(16)24)22(29)30-11-10-25-20(27)14-6-4-5-7-15(14)21(25)28/h4-9,12H,3,10-11H2,1-2H3. The zero-order valence-corrected chi connectivity index (χ0v) is 16.5. The van der Waals surface area contributed by atoms with Crippen molar-refractivity contribution in [1.82, 2.24) is 14.5 Å². The van der Waals surface area contributed by atoms with Crippen LogP contribution in [0.4, 0.5) is 0 Å². The Morgan fingerprint density at radius 2 is 1.70 bits per heavy atom. The van der Waals surface area contributed by atoms with Gasteiger partial charge in [0.15, 0.2) is 0 Å². The van der Waals surface area contributed by atoms with Gasteiger partial charge in [-0.3, -0.25) is 19.3 Å². The molecule has 0 unspecified atom stereocenters. The molecule has 152 valence electrons. The molecule has 0 saturated heterocycles. The van der Waals surface area contributed by atoms with E-state index in [1.807, 2.05) is 13.8 Å². The molecule has 8 heteroatoms. The summed E-state index contributed by atoms with van der Waals surface area (Å²) in [6.07, 6.45) is 1.43. The van der Waals surface area contributed by atoms with Crippen molar-refractivity contribution >= 4 is 28.8 Å². The van der Waals surface area contributed by atoms with E-state index in [-0.39, 0.29) is 18.7 Å². The van der Waals surface area contributed by atoms with Gasteiger partial charge < -0.3 is 9.30 Å². The minimum absolute atomic E-state index is 0.0889. The van der Waals surface area contributed by atoms with Crippen molar-refractivity contribution < 1.29 is 19.1 Å². The molecule has 0 saturated carbocycles. The molecule has 2 aromatic heterocycles. The van der Waals surface area contributed by atoms with Gasteiger partial charge in [-0.1, -0.05) is 12.1 Å². The molecule has 0 radical (unpaired) electrons. The average molecular weight is 405 g/mol. The van der Waals surface area contributed by atoms with Crippen LogP contribution in [0.2, 0.25) is 0 Å². The Morgan fingerprint density at radius 1 is 1.03 bits per heavy atom. The lowest BCUT2D eigenvalue weighted by Crippen LogP contribution is -2.34. The maximum atomic E-state index is 12.7. The largest absolute Gasteiger partial charge is 0.460 e. The molecule has 0 aliphatic carbocycles. The maximum absolute atomic E-state index is 12.7. The number of esters is 1. The predicted octanol–water partition coefficient (Wildman–Crippen LogP) is 2.18. The van der Waals surface area contributed by atoms with Crippen molar-refractivity contribution in [3.05, 3.63) is 75.2 Å². The molecule has 0 bridgehead atoms. The van der Waals surface area contributed by atoms with Crippen LogP contribution in [0, 0.1) is 6.92 Å². The Morgan fingerprint density at radius 3 is 2.33 bits per heavy atom. The number of imide groups is 1. The second-order valence-corrected chi connectivity index (χ2v) is 6.93. The fourth-order valence-electron chi connectivity index (χ4n) is 3.50. The molecule has 0 fully saturated rings. The molecule has 3 heterocycles. The number of aryl methyl sites for hydroxylation is 2. The van der Waals surface area contributed by atoms with E-state index in [2.05, 4.69) is 4.98 Å². The molecule has 8 nitrogen and oxygen atoms in total. The molecule has 0 atom stereocenters. The summed E-state index contributed by atoms with van der Waals surface area (Å²) in [7, 11) is 0. The molecule has 3 aromatic rings. The first-order valence-corrected chi connectivity index (χ1v) is 9.55. The van der Waals surface area contributed by atoms with E-state index in [0.29, 0.717) is 28.7 Å². The summed E-state index contributed by atoms with van der Waals surface area (Å²) >= 11 is 0. The van der Waals surface area contributed by atoms with Crippen molar-refractivity contribution in [2.24, 2.45) is 0 Å². The zero-order valence-electron chi connectivity index (χ0n) is 16.5. The molecule has 2 amide bonds. The second-order valence-electron chi connectivity index (χ2n) is 6.93. The Balaban J connectivity index is 1.52. The third kappa shape index (κ3) is 3.16. The van der Waals surface area contributed by atoms with Gasteiger partial charge in [0.05, 0.1) is 23.1 Å².